The second kappa shape index (κ2) is 9.11. The summed E-state index contributed by atoms with van der Waals surface area (Å²) in [7, 11) is 4.81. The van der Waals surface area contributed by atoms with Gasteiger partial charge in [0.1, 0.15) is 12.2 Å². The van der Waals surface area contributed by atoms with Gasteiger partial charge in [0.15, 0.2) is 17.3 Å². The van der Waals surface area contributed by atoms with Crippen molar-refractivity contribution in [2.45, 2.75) is 19.4 Å². The van der Waals surface area contributed by atoms with Crippen LogP contribution in [0, 0.1) is 10.1 Å². The quantitative estimate of drug-likeness (QED) is 0.381. The molecular formula is C16H22N4O6. The van der Waals surface area contributed by atoms with Gasteiger partial charge >= 0.3 is 0 Å². The predicted octanol–water partition coefficient (Wildman–Crippen LogP) is 1.83. The van der Waals surface area contributed by atoms with Crippen LogP contribution in [0.25, 0.3) is 11.5 Å². The highest BCUT2D eigenvalue weighted by molar-refractivity contribution is 5.72. The molecule has 1 unspecified atom stereocenters. The maximum atomic E-state index is 11.5. The van der Waals surface area contributed by atoms with Gasteiger partial charge in [0.25, 0.3) is 11.6 Å². The van der Waals surface area contributed by atoms with E-state index in [1.165, 1.54) is 26.4 Å². The number of hydrogen-bond acceptors (Lipinski definition) is 9. The van der Waals surface area contributed by atoms with Gasteiger partial charge in [-0.1, -0.05) is 5.16 Å². The van der Waals surface area contributed by atoms with Gasteiger partial charge in [0.05, 0.1) is 24.7 Å². The first-order valence-corrected chi connectivity index (χ1v) is 7.98. The van der Waals surface area contributed by atoms with E-state index in [4.69, 9.17) is 18.7 Å². The van der Waals surface area contributed by atoms with E-state index >= 15 is 0 Å². The highest BCUT2D eigenvalue weighted by Gasteiger charge is 2.25. The third-order valence-corrected chi connectivity index (χ3v) is 3.70. The maximum absolute atomic E-state index is 11.5. The highest BCUT2D eigenvalue weighted by Crippen LogP contribution is 2.39. The summed E-state index contributed by atoms with van der Waals surface area (Å²) in [5.74, 6) is 1.07. The Bertz CT molecular complexity index is 748. The lowest BCUT2D eigenvalue weighted by Crippen LogP contribution is -2.24. The number of aromatic nitrogens is 2. The molecular weight excluding hydrogens is 344 g/mol. The Morgan fingerprint density at radius 3 is 2.69 bits per heavy atom. The Morgan fingerprint density at radius 2 is 2.08 bits per heavy atom. The zero-order valence-corrected chi connectivity index (χ0v) is 15.1. The predicted molar refractivity (Wildman–Crippen MR) is 92.5 cm³/mol. The number of nitro benzene ring substituents is 1. The lowest BCUT2D eigenvalue weighted by Gasteiger charge is -2.11. The zero-order chi connectivity index (χ0) is 19.1. The number of rotatable bonds is 10. The second-order valence-electron chi connectivity index (χ2n) is 5.53. The van der Waals surface area contributed by atoms with Crippen LogP contribution in [0.15, 0.2) is 16.7 Å². The van der Waals surface area contributed by atoms with Crippen LogP contribution in [0.5, 0.6) is 11.5 Å². The molecule has 0 radical (unpaired) electrons. The molecule has 2 rings (SSSR count). The van der Waals surface area contributed by atoms with Crippen LogP contribution >= 0.6 is 0 Å². The molecule has 1 heterocycles. The van der Waals surface area contributed by atoms with Crippen molar-refractivity contribution in [2.24, 2.45) is 0 Å². The number of nitrogens with one attached hydrogen (secondary N) is 1. The maximum Gasteiger partial charge on any atom is 0.286 e. The summed E-state index contributed by atoms with van der Waals surface area (Å²) in [6, 6.07) is 2.88. The number of methoxy groups -OCH3 is 2. The molecule has 0 spiro atoms. The van der Waals surface area contributed by atoms with Crippen molar-refractivity contribution >= 4 is 5.69 Å². The summed E-state index contributed by atoms with van der Waals surface area (Å²) in [4.78, 5) is 15.2. The third-order valence-electron chi connectivity index (χ3n) is 3.70. The van der Waals surface area contributed by atoms with E-state index in [9.17, 15) is 10.1 Å². The summed E-state index contributed by atoms with van der Waals surface area (Å²) < 4.78 is 20.9. The molecule has 2 aromatic rings. The van der Waals surface area contributed by atoms with Crippen molar-refractivity contribution in [3.63, 3.8) is 0 Å². The summed E-state index contributed by atoms with van der Waals surface area (Å²) >= 11 is 0. The van der Waals surface area contributed by atoms with E-state index < -0.39 is 4.92 Å². The van der Waals surface area contributed by atoms with E-state index in [1.54, 1.807) is 0 Å². The first-order chi connectivity index (χ1) is 12.5. The fraction of sp³-hybridized carbons (Fsp3) is 0.500. The van der Waals surface area contributed by atoms with Crippen LogP contribution in [-0.4, -0.2) is 55.6 Å². The monoisotopic (exact) mass is 366 g/mol. The number of ether oxygens (including phenoxy) is 3. The molecule has 10 nitrogen and oxygen atoms in total. The standard InChI is InChI=1S/C16H22N4O6/c1-10(17-2)7-15-18-16(26-19-15)11-8-13(24-4)14(25-6-5-23-3)9-12(11)20(21)22/h8-10,17H,5-7H2,1-4H3. The highest BCUT2D eigenvalue weighted by atomic mass is 16.6. The first-order valence-electron chi connectivity index (χ1n) is 7.98. The minimum absolute atomic E-state index is 0.0525. The van der Waals surface area contributed by atoms with Gasteiger partial charge in [-0.3, -0.25) is 10.1 Å². The second-order valence-corrected chi connectivity index (χ2v) is 5.53. The van der Waals surface area contributed by atoms with E-state index in [-0.39, 0.29) is 35.5 Å². The fourth-order valence-electron chi connectivity index (χ4n) is 2.20. The molecule has 1 aromatic heterocycles. The summed E-state index contributed by atoms with van der Waals surface area (Å²) in [6.45, 7) is 2.54. The Morgan fingerprint density at radius 1 is 1.31 bits per heavy atom. The molecule has 10 heteroatoms. The molecule has 0 amide bonds. The van der Waals surface area contributed by atoms with Crippen molar-refractivity contribution in [1.29, 1.82) is 0 Å². The summed E-state index contributed by atoms with van der Waals surface area (Å²) in [5.41, 5.74) is -0.0446. The number of hydrogen-bond donors (Lipinski definition) is 1. The number of likely N-dealkylation sites (N-methyl/N-ethyl adjacent to an activating group) is 1. The number of benzene rings is 1. The molecule has 0 saturated heterocycles. The van der Waals surface area contributed by atoms with Crippen LogP contribution in [0.4, 0.5) is 5.69 Å². The minimum Gasteiger partial charge on any atom is -0.493 e. The van der Waals surface area contributed by atoms with Gasteiger partial charge in [-0.05, 0) is 14.0 Å². The van der Waals surface area contributed by atoms with E-state index in [0.717, 1.165) is 0 Å². The largest absolute Gasteiger partial charge is 0.493 e. The van der Waals surface area contributed by atoms with Crippen molar-refractivity contribution in [2.75, 3.05) is 34.5 Å². The molecule has 0 bridgehead atoms. The Hall–Kier alpha value is -2.72. The van der Waals surface area contributed by atoms with Crippen LogP contribution < -0.4 is 14.8 Å². The number of nitro groups is 1. The molecule has 0 saturated carbocycles. The van der Waals surface area contributed by atoms with Gasteiger partial charge < -0.3 is 24.1 Å². The van der Waals surface area contributed by atoms with Gasteiger partial charge in [0.2, 0.25) is 0 Å². The van der Waals surface area contributed by atoms with Gasteiger partial charge in [0, 0.05) is 25.6 Å². The van der Waals surface area contributed by atoms with Crippen LogP contribution in [-0.2, 0) is 11.2 Å². The van der Waals surface area contributed by atoms with Crippen LogP contribution in [0.3, 0.4) is 0 Å². The molecule has 1 aromatic carbocycles. The molecule has 26 heavy (non-hydrogen) atoms. The van der Waals surface area contributed by atoms with E-state index in [0.29, 0.717) is 24.6 Å². The summed E-state index contributed by atoms with van der Waals surface area (Å²) in [6.07, 6.45) is 0.531. The average molecular weight is 366 g/mol. The van der Waals surface area contributed by atoms with Gasteiger partial charge in [-0.15, -0.1) is 0 Å². The SMILES string of the molecule is CNC(C)Cc1noc(-c2cc(OC)c(OCCOC)cc2[N+](=O)[O-])n1. The normalized spacial score (nSPS) is 12.0. The first kappa shape index (κ1) is 19.6. The lowest BCUT2D eigenvalue weighted by atomic mass is 10.1. The van der Waals surface area contributed by atoms with Crippen molar-refractivity contribution in [3.05, 3.63) is 28.1 Å². The van der Waals surface area contributed by atoms with Crippen molar-refractivity contribution in [3.8, 4) is 23.0 Å². The zero-order valence-electron chi connectivity index (χ0n) is 15.1. The Balaban J connectivity index is 2.39. The molecule has 1 atom stereocenters. The molecule has 0 aliphatic rings. The van der Waals surface area contributed by atoms with Crippen LogP contribution in [0.2, 0.25) is 0 Å². The van der Waals surface area contributed by atoms with Crippen LogP contribution in [0.1, 0.15) is 12.7 Å². The smallest absolute Gasteiger partial charge is 0.286 e. The topological polar surface area (TPSA) is 122 Å². The lowest BCUT2D eigenvalue weighted by molar-refractivity contribution is -0.384. The molecule has 0 aliphatic carbocycles. The average Bonchev–Trinajstić information content (AvgIpc) is 3.09. The number of nitrogens with zero attached hydrogens (tertiary/aromatic N) is 3. The van der Waals surface area contributed by atoms with E-state index in [1.807, 2.05) is 14.0 Å². The molecule has 0 fully saturated rings. The van der Waals surface area contributed by atoms with E-state index in [2.05, 4.69) is 15.5 Å². The molecule has 1 N–H and O–H groups in total. The minimum atomic E-state index is -0.530. The fourth-order valence-corrected chi connectivity index (χ4v) is 2.20. The Kier molecular flexibility index (Phi) is 6.87. The van der Waals surface area contributed by atoms with Gasteiger partial charge in [-0.25, -0.2) is 0 Å². The van der Waals surface area contributed by atoms with Gasteiger partial charge in [-0.2, -0.15) is 4.98 Å². The summed E-state index contributed by atoms with van der Waals surface area (Å²) in [5, 5.41) is 18.4. The molecule has 142 valence electrons. The third kappa shape index (κ3) is 4.67. The molecule has 0 aliphatic heterocycles. The Labute approximate surface area is 150 Å². The van der Waals surface area contributed by atoms with Crippen molar-refractivity contribution < 1.29 is 23.7 Å². The van der Waals surface area contributed by atoms with Crippen molar-refractivity contribution in [1.82, 2.24) is 15.5 Å².